The first-order valence-corrected chi connectivity index (χ1v) is 11.0. The number of nitrogens with one attached hydrogen (secondary N) is 1. The van der Waals surface area contributed by atoms with Crippen LogP contribution in [0.3, 0.4) is 0 Å². The average molecular weight is 431 g/mol. The molecule has 0 aromatic heterocycles. The summed E-state index contributed by atoms with van der Waals surface area (Å²) in [6, 6.07) is 6.17. The maximum absolute atomic E-state index is 12.4. The third kappa shape index (κ3) is 6.44. The third-order valence-electron chi connectivity index (χ3n) is 4.56. The van der Waals surface area contributed by atoms with Gasteiger partial charge in [-0.05, 0) is 18.6 Å². The second-order valence-electron chi connectivity index (χ2n) is 6.88. The van der Waals surface area contributed by atoms with Crippen LogP contribution >= 0.6 is 11.6 Å². The lowest BCUT2D eigenvalue weighted by molar-refractivity contribution is -0.130. The Morgan fingerprint density at radius 2 is 1.86 bits per heavy atom. The van der Waals surface area contributed by atoms with E-state index in [-0.39, 0.29) is 34.7 Å². The van der Waals surface area contributed by atoms with Gasteiger partial charge in [-0.25, -0.2) is 13.1 Å². The summed E-state index contributed by atoms with van der Waals surface area (Å²) < 4.78 is 27.0. The van der Waals surface area contributed by atoms with Crippen molar-refractivity contribution in [3.8, 4) is 0 Å². The van der Waals surface area contributed by atoms with E-state index < -0.39 is 10.0 Å². The summed E-state index contributed by atoms with van der Waals surface area (Å²) in [7, 11) is -0.314. The Hall–Kier alpha value is -1.68. The van der Waals surface area contributed by atoms with Crippen molar-refractivity contribution in [3.63, 3.8) is 0 Å². The van der Waals surface area contributed by atoms with Crippen LogP contribution in [0.4, 0.5) is 0 Å². The SMILES string of the molecule is CN(C)C(=O)CN1CCCN(C(=O)CCNS(=O)(=O)c2ccccc2Cl)CC1. The van der Waals surface area contributed by atoms with Gasteiger partial charge in [-0.3, -0.25) is 14.5 Å². The molecule has 2 amide bonds. The molecule has 0 atom stereocenters. The molecule has 8 nitrogen and oxygen atoms in total. The fourth-order valence-corrected chi connectivity index (χ4v) is 4.45. The number of carbonyl (C=O) groups is 2. The molecule has 1 aliphatic rings. The zero-order chi connectivity index (χ0) is 20.7. The van der Waals surface area contributed by atoms with Crippen molar-refractivity contribution in [3.05, 3.63) is 29.3 Å². The Balaban J connectivity index is 1.82. The van der Waals surface area contributed by atoms with E-state index in [4.69, 9.17) is 11.6 Å². The molecular formula is C18H27ClN4O4S. The molecule has 0 radical (unpaired) electrons. The van der Waals surface area contributed by atoms with E-state index in [0.717, 1.165) is 13.0 Å². The van der Waals surface area contributed by atoms with Crippen LogP contribution in [0, 0.1) is 0 Å². The standard InChI is InChI=1S/C18H27ClN4O4S/c1-21(2)18(25)14-22-10-5-11-23(13-12-22)17(24)8-9-20-28(26,27)16-7-4-3-6-15(16)19/h3-4,6-7,20H,5,8-14H2,1-2H3. The lowest BCUT2D eigenvalue weighted by Crippen LogP contribution is -2.40. The van der Waals surface area contributed by atoms with Crippen molar-refractivity contribution in [2.24, 2.45) is 0 Å². The van der Waals surface area contributed by atoms with E-state index in [0.29, 0.717) is 26.2 Å². The second kappa shape index (κ2) is 10.2. The highest BCUT2D eigenvalue weighted by molar-refractivity contribution is 7.89. The van der Waals surface area contributed by atoms with Crippen molar-refractivity contribution in [1.29, 1.82) is 0 Å². The van der Waals surface area contributed by atoms with Crippen molar-refractivity contribution in [2.45, 2.75) is 17.7 Å². The first-order chi connectivity index (χ1) is 13.2. The van der Waals surface area contributed by atoms with Crippen LogP contribution in [0.1, 0.15) is 12.8 Å². The van der Waals surface area contributed by atoms with Crippen LogP contribution < -0.4 is 4.72 Å². The van der Waals surface area contributed by atoms with Crippen LogP contribution in [0.15, 0.2) is 29.2 Å². The maximum Gasteiger partial charge on any atom is 0.242 e. The number of likely N-dealkylation sites (N-methyl/N-ethyl adjacent to an activating group) is 1. The molecule has 1 aromatic rings. The first kappa shape index (κ1) is 22.6. The normalized spacial score (nSPS) is 15.9. The molecule has 28 heavy (non-hydrogen) atoms. The summed E-state index contributed by atoms with van der Waals surface area (Å²) in [5.41, 5.74) is 0. The molecular weight excluding hydrogens is 404 g/mol. The maximum atomic E-state index is 12.4. The molecule has 0 unspecified atom stereocenters. The minimum atomic E-state index is -3.76. The Kier molecular flexibility index (Phi) is 8.23. The van der Waals surface area contributed by atoms with Crippen molar-refractivity contribution in [2.75, 3.05) is 53.4 Å². The number of nitrogens with zero attached hydrogens (tertiary/aromatic N) is 3. The van der Waals surface area contributed by atoms with Crippen LogP contribution in [0.2, 0.25) is 5.02 Å². The van der Waals surface area contributed by atoms with Gasteiger partial charge in [0.15, 0.2) is 0 Å². The van der Waals surface area contributed by atoms with Gasteiger partial charge in [0.2, 0.25) is 21.8 Å². The monoisotopic (exact) mass is 430 g/mol. The predicted molar refractivity (Wildman–Crippen MR) is 108 cm³/mol. The number of rotatable bonds is 7. The molecule has 1 aromatic carbocycles. The van der Waals surface area contributed by atoms with Gasteiger partial charge in [0, 0.05) is 53.2 Å². The number of sulfonamides is 1. The average Bonchev–Trinajstić information content (AvgIpc) is 2.87. The second-order valence-corrected chi connectivity index (χ2v) is 9.02. The quantitative estimate of drug-likeness (QED) is 0.685. The van der Waals surface area contributed by atoms with Gasteiger partial charge in [-0.1, -0.05) is 23.7 Å². The van der Waals surface area contributed by atoms with E-state index in [1.165, 1.54) is 12.1 Å². The highest BCUT2D eigenvalue weighted by Gasteiger charge is 2.22. The minimum absolute atomic E-state index is 0.0000827. The molecule has 0 spiro atoms. The van der Waals surface area contributed by atoms with Gasteiger partial charge in [-0.2, -0.15) is 0 Å². The number of hydrogen-bond acceptors (Lipinski definition) is 5. The molecule has 10 heteroatoms. The van der Waals surface area contributed by atoms with E-state index in [9.17, 15) is 18.0 Å². The van der Waals surface area contributed by atoms with E-state index >= 15 is 0 Å². The largest absolute Gasteiger partial charge is 0.348 e. The van der Waals surface area contributed by atoms with Gasteiger partial charge in [-0.15, -0.1) is 0 Å². The number of halogens is 1. The van der Waals surface area contributed by atoms with Gasteiger partial charge in [0.25, 0.3) is 0 Å². The number of amides is 2. The Morgan fingerprint density at radius 3 is 2.54 bits per heavy atom. The number of hydrogen-bond donors (Lipinski definition) is 1. The van der Waals surface area contributed by atoms with Crippen LogP contribution in [-0.2, 0) is 19.6 Å². The third-order valence-corrected chi connectivity index (χ3v) is 6.52. The Labute approximate surface area is 171 Å². The van der Waals surface area contributed by atoms with Crippen molar-refractivity contribution < 1.29 is 18.0 Å². The Bertz CT molecular complexity index is 801. The van der Waals surface area contributed by atoms with Gasteiger partial charge >= 0.3 is 0 Å². The molecule has 1 N–H and O–H groups in total. The van der Waals surface area contributed by atoms with Gasteiger partial charge < -0.3 is 9.80 Å². The molecule has 1 aliphatic heterocycles. The van der Waals surface area contributed by atoms with E-state index in [1.54, 1.807) is 36.0 Å². The topological polar surface area (TPSA) is 90.0 Å². The number of benzene rings is 1. The number of carbonyl (C=O) groups excluding carboxylic acids is 2. The lowest BCUT2D eigenvalue weighted by Gasteiger charge is -2.22. The van der Waals surface area contributed by atoms with Crippen LogP contribution in [0.25, 0.3) is 0 Å². The van der Waals surface area contributed by atoms with Gasteiger partial charge in [0.05, 0.1) is 11.6 Å². The smallest absolute Gasteiger partial charge is 0.242 e. The zero-order valence-electron chi connectivity index (χ0n) is 16.2. The highest BCUT2D eigenvalue weighted by Crippen LogP contribution is 2.20. The van der Waals surface area contributed by atoms with Crippen LogP contribution in [0.5, 0.6) is 0 Å². The Morgan fingerprint density at radius 1 is 1.14 bits per heavy atom. The molecule has 1 heterocycles. The summed E-state index contributed by atoms with van der Waals surface area (Å²) in [5.74, 6) is -0.0728. The summed E-state index contributed by atoms with van der Waals surface area (Å²) in [4.78, 5) is 29.6. The summed E-state index contributed by atoms with van der Waals surface area (Å²) in [6.45, 7) is 2.84. The van der Waals surface area contributed by atoms with E-state index in [2.05, 4.69) is 4.72 Å². The minimum Gasteiger partial charge on any atom is -0.348 e. The lowest BCUT2D eigenvalue weighted by atomic mass is 10.3. The van der Waals surface area contributed by atoms with E-state index in [1.807, 2.05) is 4.90 Å². The molecule has 156 valence electrons. The summed E-state index contributed by atoms with van der Waals surface area (Å²) in [5, 5.41) is 0.140. The molecule has 0 saturated carbocycles. The highest BCUT2D eigenvalue weighted by atomic mass is 35.5. The van der Waals surface area contributed by atoms with Crippen LogP contribution in [-0.4, -0.2) is 88.3 Å². The van der Waals surface area contributed by atoms with Crippen molar-refractivity contribution in [1.82, 2.24) is 19.4 Å². The molecule has 1 fully saturated rings. The molecule has 1 saturated heterocycles. The zero-order valence-corrected chi connectivity index (χ0v) is 17.8. The molecule has 0 aliphatic carbocycles. The fraction of sp³-hybridized carbons (Fsp3) is 0.556. The summed E-state index contributed by atoms with van der Waals surface area (Å²) >= 11 is 5.93. The first-order valence-electron chi connectivity index (χ1n) is 9.15. The fourth-order valence-electron chi connectivity index (χ4n) is 2.90. The molecule has 0 bridgehead atoms. The molecule has 2 rings (SSSR count). The van der Waals surface area contributed by atoms with Gasteiger partial charge in [0.1, 0.15) is 4.90 Å². The predicted octanol–water partition coefficient (Wildman–Crippen LogP) is 0.631. The van der Waals surface area contributed by atoms with Crippen molar-refractivity contribution >= 4 is 33.4 Å². The summed E-state index contributed by atoms with van der Waals surface area (Å²) in [6.07, 6.45) is 0.845.